The first-order chi connectivity index (χ1) is 11.7. The van der Waals surface area contributed by atoms with Crippen LogP contribution in [0.4, 0.5) is 10.6 Å². The summed E-state index contributed by atoms with van der Waals surface area (Å²) in [4.78, 5) is 16.4. The maximum Gasteiger partial charge on any atom is 0.320 e. The Hall–Kier alpha value is -3.09. The van der Waals surface area contributed by atoms with Gasteiger partial charge >= 0.3 is 6.03 Å². The lowest BCUT2D eigenvalue weighted by Crippen LogP contribution is -2.31. The monoisotopic (exact) mass is 325 g/mol. The predicted octanol–water partition coefficient (Wildman–Crippen LogP) is 3.24. The molecule has 0 fully saturated rings. The van der Waals surface area contributed by atoms with Gasteiger partial charge in [0.15, 0.2) is 0 Å². The van der Waals surface area contributed by atoms with Crippen LogP contribution >= 0.6 is 0 Å². The first-order valence-corrected chi connectivity index (χ1v) is 7.76. The van der Waals surface area contributed by atoms with Crippen molar-refractivity contribution >= 4 is 22.8 Å². The van der Waals surface area contributed by atoms with Crippen molar-refractivity contribution in [3.63, 3.8) is 0 Å². The van der Waals surface area contributed by atoms with Crippen LogP contribution in [0.3, 0.4) is 0 Å². The Bertz CT molecular complexity index is 831. The number of H-pyrrole nitrogens is 1. The summed E-state index contributed by atoms with van der Waals surface area (Å²) in [5.74, 6) is 0.945. The van der Waals surface area contributed by atoms with Crippen LogP contribution in [-0.2, 0) is 0 Å². The number of nitrogens with zero attached hydrogens (tertiary/aromatic N) is 2. The predicted molar refractivity (Wildman–Crippen MR) is 92.1 cm³/mol. The maximum atomic E-state index is 12.1. The van der Waals surface area contributed by atoms with E-state index in [1.807, 2.05) is 44.2 Å². The zero-order valence-corrected chi connectivity index (χ0v) is 13.5. The number of aromatic nitrogens is 3. The molecule has 0 aliphatic rings. The molecule has 0 saturated heterocycles. The molecule has 0 saturated carbocycles. The lowest BCUT2D eigenvalue weighted by molar-refractivity contribution is 0.249. The topological polar surface area (TPSA) is 91.9 Å². The Balaban J connectivity index is 1.67. The Morgan fingerprint density at radius 3 is 2.88 bits per heavy atom. The molecule has 2 aromatic heterocycles. The van der Waals surface area contributed by atoms with Crippen LogP contribution < -0.4 is 15.4 Å². The van der Waals surface area contributed by atoms with E-state index in [0.717, 1.165) is 16.5 Å². The summed E-state index contributed by atoms with van der Waals surface area (Å²) in [7, 11) is 0. The number of aromatic amines is 1. The minimum absolute atomic E-state index is 0.105. The summed E-state index contributed by atoms with van der Waals surface area (Å²) in [6, 6.07) is 11.1. The Labute approximate surface area is 139 Å². The number of hydrogen-bond donors (Lipinski definition) is 3. The maximum absolute atomic E-state index is 12.1. The molecule has 2 heterocycles. The first-order valence-electron chi connectivity index (χ1n) is 7.76. The van der Waals surface area contributed by atoms with Crippen LogP contribution in [0, 0.1) is 0 Å². The van der Waals surface area contributed by atoms with Crippen molar-refractivity contribution in [2.24, 2.45) is 0 Å². The summed E-state index contributed by atoms with van der Waals surface area (Å²) in [5.41, 5.74) is 1.78. The van der Waals surface area contributed by atoms with Gasteiger partial charge in [0.05, 0.1) is 23.6 Å². The SMILES string of the molecule is CCOc1n[nH]c2cc(NC(=O)NC(C)c3ccccc3)ncc12. The highest BCUT2D eigenvalue weighted by Gasteiger charge is 2.12. The van der Waals surface area contributed by atoms with Gasteiger partial charge in [-0.2, -0.15) is 0 Å². The fourth-order valence-electron chi connectivity index (χ4n) is 2.38. The third kappa shape index (κ3) is 3.45. The Morgan fingerprint density at radius 2 is 2.12 bits per heavy atom. The quantitative estimate of drug-likeness (QED) is 0.671. The van der Waals surface area contributed by atoms with E-state index < -0.39 is 0 Å². The van der Waals surface area contributed by atoms with Crippen molar-refractivity contribution in [2.75, 3.05) is 11.9 Å². The largest absolute Gasteiger partial charge is 0.476 e. The highest BCUT2D eigenvalue weighted by molar-refractivity contribution is 5.92. The molecule has 3 aromatic rings. The fourth-order valence-corrected chi connectivity index (χ4v) is 2.38. The molecule has 24 heavy (non-hydrogen) atoms. The molecule has 0 radical (unpaired) electrons. The molecule has 7 heteroatoms. The molecular formula is C17H19N5O2. The van der Waals surface area contributed by atoms with Gasteiger partial charge in [0.2, 0.25) is 5.88 Å². The van der Waals surface area contributed by atoms with Crippen molar-refractivity contribution in [3.05, 3.63) is 48.2 Å². The molecule has 0 bridgehead atoms. The summed E-state index contributed by atoms with van der Waals surface area (Å²) in [6.07, 6.45) is 1.63. The van der Waals surface area contributed by atoms with Gasteiger partial charge in [-0.25, -0.2) is 9.78 Å². The molecule has 7 nitrogen and oxygen atoms in total. The molecular weight excluding hydrogens is 306 g/mol. The van der Waals surface area contributed by atoms with Crippen molar-refractivity contribution in [2.45, 2.75) is 19.9 Å². The van der Waals surface area contributed by atoms with Crippen molar-refractivity contribution in [1.29, 1.82) is 0 Å². The molecule has 2 amide bonds. The van der Waals surface area contributed by atoms with E-state index in [-0.39, 0.29) is 12.1 Å². The number of carbonyl (C=O) groups is 1. The molecule has 1 aromatic carbocycles. The van der Waals surface area contributed by atoms with Crippen molar-refractivity contribution < 1.29 is 9.53 Å². The van der Waals surface area contributed by atoms with Crippen molar-refractivity contribution in [1.82, 2.24) is 20.5 Å². The minimum atomic E-state index is -0.317. The van der Waals surface area contributed by atoms with Crippen molar-refractivity contribution in [3.8, 4) is 5.88 Å². The molecule has 3 N–H and O–H groups in total. The molecule has 1 unspecified atom stereocenters. The highest BCUT2D eigenvalue weighted by atomic mass is 16.5. The summed E-state index contributed by atoms with van der Waals surface area (Å²) in [5, 5.41) is 13.3. The number of nitrogens with one attached hydrogen (secondary N) is 3. The van der Waals surface area contributed by atoms with Gasteiger partial charge in [0, 0.05) is 12.3 Å². The number of urea groups is 1. The number of rotatable bonds is 5. The van der Waals surface area contributed by atoms with Gasteiger partial charge in [0.1, 0.15) is 5.82 Å². The van der Waals surface area contributed by atoms with E-state index in [1.54, 1.807) is 12.3 Å². The molecule has 1 atom stereocenters. The Kier molecular flexibility index (Phi) is 4.60. The standard InChI is InChI=1S/C17H19N5O2/c1-3-24-16-13-10-18-15(9-14(13)21-22-16)20-17(23)19-11(2)12-7-5-4-6-8-12/h4-11H,3H2,1-2H3,(H,21,22)(H2,18,19,20,23). The second-order valence-corrected chi connectivity index (χ2v) is 5.31. The number of anilines is 1. The number of fused-ring (bicyclic) bond motifs is 1. The number of ether oxygens (including phenoxy) is 1. The second kappa shape index (κ2) is 6.99. The van der Waals surface area contributed by atoms with Gasteiger partial charge in [-0.1, -0.05) is 30.3 Å². The normalized spacial score (nSPS) is 11.9. The average Bonchev–Trinajstić information content (AvgIpc) is 2.98. The third-order valence-corrected chi connectivity index (χ3v) is 3.58. The number of benzene rings is 1. The van der Waals surface area contributed by atoms with Crippen LogP contribution in [0.15, 0.2) is 42.6 Å². The number of carbonyl (C=O) groups excluding carboxylic acids is 1. The molecule has 3 rings (SSSR count). The molecule has 0 aliphatic heterocycles. The van der Waals surface area contributed by atoms with E-state index in [2.05, 4.69) is 25.8 Å². The average molecular weight is 325 g/mol. The van der Waals surface area contributed by atoms with Crippen LogP contribution in [0.2, 0.25) is 0 Å². The zero-order chi connectivity index (χ0) is 16.9. The van der Waals surface area contributed by atoms with Crippen LogP contribution in [-0.4, -0.2) is 27.8 Å². The van der Waals surface area contributed by atoms with E-state index in [4.69, 9.17) is 4.74 Å². The fraction of sp³-hybridized carbons (Fsp3) is 0.235. The number of pyridine rings is 1. The van der Waals surface area contributed by atoms with Gasteiger partial charge in [-0.3, -0.25) is 10.4 Å². The van der Waals surface area contributed by atoms with Crippen LogP contribution in [0.1, 0.15) is 25.5 Å². The smallest absolute Gasteiger partial charge is 0.320 e. The lowest BCUT2D eigenvalue weighted by Gasteiger charge is -2.14. The van der Waals surface area contributed by atoms with Crippen LogP contribution in [0.5, 0.6) is 5.88 Å². The van der Waals surface area contributed by atoms with Gasteiger partial charge in [0.25, 0.3) is 0 Å². The van der Waals surface area contributed by atoms with Gasteiger partial charge < -0.3 is 10.1 Å². The number of hydrogen-bond acceptors (Lipinski definition) is 4. The third-order valence-electron chi connectivity index (χ3n) is 3.58. The van der Waals surface area contributed by atoms with Gasteiger partial charge in [-0.05, 0) is 19.4 Å². The van der Waals surface area contributed by atoms with E-state index in [1.165, 1.54) is 0 Å². The van der Waals surface area contributed by atoms with E-state index in [9.17, 15) is 4.79 Å². The summed E-state index contributed by atoms with van der Waals surface area (Å²) >= 11 is 0. The summed E-state index contributed by atoms with van der Waals surface area (Å²) in [6.45, 7) is 4.34. The van der Waals surface area contributed by atoms with Gasteiger partial charge in [-0.15, -0.1) is 5.10 Å². The lowest BCUT2D eigenvalue weighted by atomic mass is 10.1. The molecule has 0 aliphatic carbocycles. The summed E-state index contributed by atoms with van der Waals surface area (Å²) < 4.78 is 5.40. The highest BCUT2D eigenvalue weighted by Crippen LogP contribution is 2.23. The number of amides is 2. The zero-order valence-electron chi connectivity index (χ0n) is 13.5. The van der Waals surface area contributed by atoms with Crippen LogP contribution in [0.25, 0.3) is 10.9 Å². The Morgan fingerprint density at radius 1 is 1.33 bits per heavy atom. The molecule has 124 valence electrons. The minimum Gasteiger partial charge on any atom is -0.476 e. The first kappa shape index (κ1) is 15.8. The van der Waals surface area contributed by atoms with E-state index >= 15 is 0 Å². The second-order valence-electron chi connectivity index (χ2n) is 5.31. The molecule has 0 spiro atoms. The van der Waals surface area contributed by atoms with E-state index in [0.29, 0.717) is 18.3 Å².